The number of nitrogens with one attached hydrogen (secondary N) is 1. The maximum absolute atomic E-state index is 13.9. The van der Waals surface area contributed by atoms with E-state index in [1.54, 1.807) is 4.90 Å². The number of anilines is 1. The lowest BCUT2D eigenvalue weighted by atomic mass is 9.98. The summed E-state index contributed by atoms with van der Waals surface area (Å²) in [6.07, 6.45) is -4.83. The minimum absolute atomic E-state index is 0.0165. The van der Waals surface area contributed by atoms with Crippen LogP contribution in [0.1, 0.15) is 11.4 Å². The van der Waals surface area contributed by atoms with E-state index in [4.69, 9.17) is 4.74 Å². The Hall–Kier alpha value is -3.07. The van der Waals surface area contributed by atoms with Gasteiger partial charge in [0.15, 0.2) is 0 Å². The number of morpholine rings is 1. The zero-order valence-electron chi connectivity index (χ0n) is 19.5. The molecule has 1 saturated heterocycles. The lowest BCUT2D eigenvalue weighted by molar-refractivity contribution is -0.144. The van der Waals surface area contributed by atoms with Crippen LogP contribution in [0.3, 0.4) is 0 Å². The SMILES string of the molecule is CNS(=O)(=O)c1ccc(-c2c(-c3ccc(C[SH](=O)=O)cc3)nc(C(F)(F)F)nc2N2CCOCC2)cc1. The Morgan fingerprint density at radius 1 is 0.973 bits per heavy atom. The van der Waals surface area contributed by atoms with Gasteiger partial charge in [0.2, 0.25) is 15.8 Å². The van der Waals surface area contributed by atoms with Crippen molar-refractivity contribution in [3.05, 3.63) is 59.9 Å². The number of sulfonamides is 1. The van der Waals surface area contributed by atoms with Crippen LogP contribution in [0.4, 0.5) is 19.0 Å². The molecule has 2 heterocycles. The van der Waals surface area contributed by atoms with Gasteiger partial charge in [-0.15, -0.1) is 0 Å². The molecule has 1 aliphatic rings. The van der Waals surface area contributed by atoms with Gasteiger partial charge in [-0.2, -0.15) is 13.2 Å². The molecule has 0 radical (unpaired) electrons. The van der Waals surface area contributed by atoms with Gasteiger partial charge in [0.05, 0.1) is 35.1 Å². The molecule has 0 aliphatic carbocycles. The van der Waals surface area contributed by atoms with Crippen LogP contribution in [0.2, 0.25) is 0 Å². The fourth-order valence-corrected chi connectivity index (χ4v) is 5.13. The zero-order valence-corrected chi connectivity index (χ0v) is 21.2. The minimum atomic E-state index is -4.83. The van der Waals surface area contributed by atoms with Crippen molar-refractivity contribution in [2.75, 3.05) is 38.3 Å². The van der Waals surface area contributed by atoms with Crippen molar-refractivity contribution in [2.45, 2.75) is 16.8 Å². The summed E-state index contributed by atoms with van der Waals surface area (Å²) in [5, 5.41) is 0. The summed E-state index contributed by atoms with van der Waals surface area (Å²) in [4.78, 5) is 9.44. The first-order valence-electron chi connectivity index (χ1n) is 11.1. The molecule has 0 unspecified atom stereocenters. The van der Waals surface area contributed by atoms with Crippen LogP contribution in [-0.4, -0.2) is 60.2 Å². The smallest absolute Gasteiger partial charge is 0.378 e. The summed E-state index contributed by atoms with van der Waals surface area (Å²) >= 11 is 0. The van der Waals surface area contributed by atoms with Gasteiger partial charge in [0, 0.05) is 18.7 Å². The van der Waals surface area contributed by atoms with Crippen molar-refractivity contribution < 1.29 is 34.7 Å². The van der Waals surface area contributed by atoms with Gasteiger partial charge < -0.3 is 9.64 Å². The molecule has 1 aliphatic heterocycles. The maximum Gasteiger partial charge on any atom is 0.451 e. The molecule has 198 valence electrons. The second-order valence-electron chi connectivity index (χ2n) is 8.11. The highest BCUT2D eigenvalue weighted by Crippen LogP contribution is 2.41. The number of hydrogen-bond acceptors (Lipinski definition) is 8. The third-order valence-corrected chi connectivity index (χ3v) is 7.77. The molecule has 4 rings (SSSR count). The molecule has 0 spiro atoms. The number of rotatable bonds is 7. The highest BCUT2D eigenvalue weighted by molar-refractivity contribution is 7.89. The number of aromatic nitrogens is 2. The van der Waals surface area contributed by atoms with Crippen molar-refractivity contribution in [1.29, 1.82) is 0 Å². The first-order chi connectivity index (χ1) is 17.5. The van der Waals surface area contributed by atoms with E-state index in [9.17, 15) is 30.0 Å². The molecule has 2 aromatic carbocycles. The van der Waals surface area contributed by atoms with E-state index in [0.717, 1.165) is 0 Å². The third kappa shape index (κ3) is 6.09. The van der Waals surface area contributed by atoms with Crippen LogP contribution in [-0.2, 0) is 37.4 Å². The van der Waals surface area contributed by atoms with Gasteiger partial charge in [-0.05, 0) is 30.3 Å². The van der Waals surface area contributed by atoms with Crippen LogP contribution in [0, 0.1) is 0 Å². The van der Waals surface area contributed by atoms with Crippen molar-refractivity contribution >= 4 is 26.5 Å². The number of hydrogen-bond donors (Lipinski definition) is 2. The molecule has 9 nitrogen and oxygen atoms in total. The number of ether oxygens (including phenoxy) is 1. The van der Waals surface area contributed by atoms with Crippen molar-refractivity contribution in [1.82, 2.24) is 14.7 Å². The lowest BCUT2D eigenvalue weighted by Gasteiger charge is -2.31. The average Bonchev–Trinajstić information content (AvgIpc) is 2.88. The van der Waals surface area contributed by atoms with Crippen LogP contribution in [0.15, 0.2) is 53.4 Å². The molecule has 0 saturated carbocycles. The fourth-order valence-electron chi connectivity index (χ4n) is 3.89. The Labute approximate surface area is 213 Å². The predicted molar refractivity (Wildman–Crippen MR) is 131 cm³/mol. The van der Waals surface area contributed by atoms with Crippen LogP contribution < -0.4 is 9.62 Å². The normalized spacial score (nSPS) is 14.8. The summed E-state index contributed by atoms with van der Waals surface area (Å²) in [5.41, 5.74) is 1.46. The molecular weight excluding hydrogens is 533 g/mol. The van der Waals surface area contributed by atoms with E-state index in [1.807, 2.05) is 0 Å². The Morgan fingerprint density at radius 3 is 2.11 bits per heavy atom. The lowest BCUT2D eigenvalue weighted by Crippen LogP contribution is -2.37. The molecule has 1 N–H and O–H groups in total. The molecule has 37 heavy (non-hydrogen) atoms. The van der Waals surface area contributed by atoms with Crippen LogP contribution in [0.5, 0.6) is 0 Å². The first kappa shape index (κ1) is 27.0. The molecule has 0 atom stereocenters. The third-order valence-electron chi connectivity index (χ3n) is 5.72. The highest BCUT2D eigenvalue weighted by Gasteiger charge is 2.37. The van der Waals surface area contributed by atoms with E-state index >= 15 is 0 Å². The highest BCUT2D eigenvalue weighted by atomic mass is 32.2. The monoisotopic (exact) mass is 556 g/mol. The van der Waals surface area contributed by atoms with Gasteiger partial charge in [0.25, 0.3) is 0 Å². The number of alkyl halides is 3. The largest absolute Gasteiger partial charge is 0.451 e. The van der Waals surface area contributed by atoms with Gasteiger partial charge in [-0.1, -0.05) is 36.4 Å². The maximum atomic E-state index is 13.9. The van der Waals surface area contributed by atoms with Crippen molar-refractivity contribution in [3.8, 4) is 22.4 Å². The van der Waals surface area contributed by atoms with E-state index in [1.165, 1.54) is 55.6 Å². The molecule has 0 bridgehead atoms. The Bertz CT molecular complexity index is 1450. The number of thiol groups is 1. The van der Waals surface area contributed by atoms with E-state index in [-0.39, 0.29) is 27.7 Å². The molecule has 3 aromatic rings. The Balaban J connectivity index is 1.97. The quantitative estimate of drug-likeness (QED) is 0.427. The standard InChI is InChI=1S/C23H23F3N4O5S2/c1-27-37(33,34)18-8-6-16(7-9-18)19-20(17-4-2-15(3-5-17)14-36(31)32)28-22(23(24,25)26)29-21(19)30-10-12-35-13-11-30/h2-9,27,36H,10-14H2,1H3. The fraction of sp³-hybridized carbons (Fsp3) is 0.304. The summed E-state index contributed by atoms with van der Waals surface area (Å²) in [6, 6.07) is 11.7. The van der Waals surface area contributed by atoms with Gasteiger partial charge in [0.1, 0.15) is 16.5 Å². The first-order valence-corrected chi connectivity index (χ1v) is 13.9. The van der Waals surface area contributed by atoms with Crippen LogP contribution in [0.25, 0.3) is 22.4 Å². The molecular formula is C23H23F3N4O5S2. The predicted octanol–water partition coefficient (Wildman–Crippen LogP) is 2.69. The minimum Gasteiger partial charge on any atom is -0.378 e. The number of nitrogens with zero attached hydrogens (tertiary/aromatic N) is 3. The number of benzene rings is 2. The Morgan fingerprint density at radius 2 is 1.57 bits per heavy atom. The molecule has 14 heteroatoms. The molecule has 1 fully saturated rings. The van der Waals surface area contributed by atoms with Crippen molar-refractivity contribution in [3.63, 3.8) is 0 Å². The molecule has 1 aromatic heterocycles. The summed E-state index contributed by atoms with van der Waals surface area (Å²) in [6.45, 7) is 1.17. The second kappa shape index (κ2) is 10.7. The van der Waals surface area contributed by atoms with E-state index in [0.29, 0.717) is 43.0 Å². The molecule has 0 amide bonds. The Kier molecular flexibility index (Phi) is 7.83. The van der Waals surface area contributed by atoms with E-state index in [2.05, 4.69) is 14.7 Å². The van der Waals surface area contributed by atoms with Crippen molar-refractivity contribution in [2.24, 2.45) is 0 Å². The summed E-state index contributed by atoms with van der Waals surface area (Å²) in [7, 11) is -5.14. The van der Waals surface area contributed by atoms with E-state index < -0.39 is 32.7 Å². The van der Waals surface area contributed by atoms with Gasteiger partial charge in [-0.3, -0.25) is 0 Å². The zero-order chi connectivity index (χ0) is 26.8. The topological polar surface area (TPSA) is 119 Å². The number of halogens is 3. The average molecular weight is 557 g/mol. The van der Waals surface area contributed by atoms with Gasteiger partial charge >= 0.3 is 6.18 Å². The second-order valence-corrected chi connectivity index (χ2v) is 11.0. The summed E-state index contributed by atoms with van der Waals surface area (Å²) in [5.74, 6) is -1.49. The van der Waals surface area contributed by atoms with Gasteiger partial charge in [-0.25, -0.2) is 31.5 Å². The summed E-state index contributed by atoms with van der Waals surface area (Å²) < 4.78 is 95.8. The van der Waals surface area contributed by atoms with Crippen LogP contribution >= 0.6 is 0 Å².